The number of aryl methyl sites for hydroxylation is 1. The van der Waals surface area contributed by atoms with Crippen molar-refractivity contribution < 1.29 is 0 Å². The van der Waals surface area contributed by atoms with Crippen LogP contribution in [0, 0.1) is 29.6 Å². The number of hydrogen-bond acceptors (Lipinski definition) is 4. The largest absolute Gasteiger partial charge is 0.396 e. The first-order valence-electron chi connectivity index (χ1n) is 3.26. The van der Waals surface area contributed by atoms with Gasteiger partial charge < -0.3 is 5.73 Å². The number of aromatic nitrogens is 1. The van der Waals surface area contributed by atoms with Crippen LogP contribution in [0.4, 0.5) is 5.69 Å². The van der Waals surface area contributed by atoms with E-state index in [9.17, 15) is 0 Å². The highest BCUT2D eigenvalue weighted by Gasteiger charge is 2.07. The van der Waals surface area contributed by atoms with Gasteiger partial charge in [0.25, 0.3) is 0 Å². The molecule has 4 nitrogen and oxygen atoms in total. The van der Waals surface area contributed by atoms with Crippen molar-refractivity contribution in [1.82, 2.24) is 4.98 Å². The van der Waals surface area contributed by atoms with E-state index < -0.39 is 0 Å². The second kappa shape index (κ2) is 2.89. The molecule has 1 aromatic heterocycles. The number of nitrogens with two attached hydrogens (primary N) is 1. The monoisotopic (exact) mass is 158 g/mol. The van der Waals surface area contributed by atoms with Gasteiger partial charge in [0.05, 0.1) is 22.5 Å². The number of anilines is 1. The van der Waals surface area contributed by atoms with Gasteiger partial charge in [0.2, 0.25) is 0 Å². The lowest BCUT2D eigenvalue weighted by Crippen LogP contribution is -1.99. The van der Waals surface area contributed by atoms with Crippen LogP contribution in [0.1, 0.15) is 16.8 Å². The molecule has 0 atom stereocenters. The molecule has 0 spiro atoms. The maximum absolute atomic E-state index is 8.65. The van der Waals surface area contributed by atoms with Gasteiger partial charge in [-0.25, -0.2) is 0 Å². The predicted octanol–water partition coefficient (Wildman–Crippen LogP) is 0.716. The van der Waals surface area contributed by atoms with E-state index in [1.807, 2.05) is 12.1 Å². The normalized spacial score (nSPS) is 8.58. The lowest BCUT2D eigenvalue weighted by Gasteiger charge is -2.01. The zero-order chi connectivity index (χ0) is 9.14. The van der Waals surface area contributed by atoms with Crippen LogP contribution in [-0.4, -0.2) is 4.98 Å². The van der Waals surface area contributed by atoms with Gasteiger partial charge in [-0.2, -0.15) is 10.5 Å². The molecule has 0 fully saturated rings. The molecule has 1 rings (SSSR count). The molecule has 58 valence electrons. The summed E-state index contributed by atoms with van der Waals surface area (Å²) < 4.78 is 0. The van der Waals surface area contributed by atoms with Gasteiger partial charge in [0, 0.05) is 6.20 Å². The van der Waals surface area contributed by atoms with Crippen molar-refractivity contribution in [1.29, 1.82) is 10.5 Å². The molecule has 0 bridgehead atoms. The van der Waals surface area contributed by atoms with E-state index in [0.717, 1.165) is 0 Å². The summed E-state index contributed by atoms with van der Waals surface area (Å²) in [5.41, 5.74) is 6.83. The Balaban J connectivity index is 3.52. The SMILES string of the molecule is Cc1ncc(C#N)c(C#N)c1N. The third kappa shape index (κ3) is 1.06. The van der Waals surface area contributed by atoms with Crippen LogP contribution in [0.3, 0.4) is 0 Å². The van der Waals surface area contributed by atoms with Crippen LogP contribution in [0.2, 0.25) is 0 Å². The number of nitrogens with zero attached hydrogens (tertiary/aromatic N) is 3. The molecule has 0 aromatic carbocycles. The van der Waals surface area contributed by atoms with Crippen LogP contribution in [0.15, 0.2) is 6.20 Å². The quantitative estimate of drug-likeness (QED) is 0.602. The first-order valence-corrected chi connectivity index (χ1v) is 3.26. The van der Waals surface area contributed by atoms with Crippen molar-refractivity contribution in [3.8, 4) is 12.1 Å². The Morgan fingerprint density at radius 1 is 1.42 bits per heavy atom. The van der Waals surface area contributed by atoms with E-state index in [1.165, 1.54) is 6.20 Å². The summed E-state index contributed by atoms with van der Waals surface area (Å²) in [6.45, 7) is 1.69. The zero-order valence-corrected chi connectivity index (χ0v) is 6.50. The molecule has 0 aliphatic carbocycles. The molecule has 1 heterocycles. The topological polar surface area (TPSA) is 86.5 Å². The molecular weight excluding hydrogens is 152 g/mol. The van der Waals surface area contributed by atoms with Gasteiger partial charge in [0.15, 0.2) is 0 Å². The second-order valence-corrected chi connectivity index (χ2v) is 2.27. The van der Waals surface area contributed by atoms with Gasteiger partial charge in [-0.05, 0) is 6.92 Å². The Bertz CT molecular complexity index is 395. The van der Waals surface area contributed by atoms with Crippen molar-refractivity contribution in [3.05, 3.63) is 23.0 Å². The minimum Gasteiger partial charge on any atom is -0.396 e. The fourth-order valence-corrected chi connectivity index (χ4v) is 0.827. The van der Waals surface area contributed by atoms with E-state index in [0.29, 0.717) is 5.69 Å². The maximum Gasteiger partial charge on any atom is 0.103 e. The van der Waals surface area contributed by atoms with E-state index in [4.69, 9.17) is 16.3 Å². The number of pyridine rings is 1. The Labute approximate surface area is 69.9 Å². The third-order valence-corrected chi connectivity index (χ3v) is 1.55. The zero-order valence-electron chi connectivity index (χ0n) is 6.50. The Morgan fingerprint density at radius 3 is 2.58 bits per heavy atom. The third-order valence-electron chi connectivity index (χ3n) is 1.55. The van der Waals surface area contributed by atoms with Crippen molar-refractivity contribution in [3.63, 3.8) is 0 Å². The molecule has 0 aliphatic heterocycles. The second-order valence-electron chi connectivity index (χ2n) is 2.27. The molecule has 0 radical (unpaired) electrons. The van der Waals surface area contributed by atoms with Gasteiger partial charge in [-0.1, -0.05) is 0 Å². The smallest absolute Gasteiger partial charge is 0.103 e. The highest BCUT2D eigenvalue weighted by molar-refractivity contribution is 5.62. The van der Waals surface area contributed by atoms with E-state index in [1.54, 1.807) is 6.92 Å². The van der Waals surface area contributed by atoms with Crippen LogP contribution >= 0.6 is 0 Å². The minimum atomic E-state index is 0.213. The van der Waals surface area contributed by atoms with Crippen LogP contribution in [-0.2, 0) is 0 Å². The molecule has 12 heavy (non-hydrogen) atoms. The highest BCUT2D eigenvalue weighted by atomic mass is 14.7. The minimum absolute atomic E-state index is 0.213. The molecule has 0 saturated heterocycles. The van der Waals surface area contributed by atoms with E-state index >= 15 is 0 Å². The standard InChI is InChI=1S/C8H6N4/c1-5-8(11)7(3-10)6(2-9)4-12-5/h4H,11H2,1H3. The summed E-state index contributed by atoms with van der Waals surface area (Å²) in [6.07, 6.45) is 1.35. The lowest BCUT2D eigenvalue weighted by atomic mass is 10.1. The Morgan fingerprint density at radius 2 is 2.08 bits per heavy atom. The van der Waals surface area contributed by atoms with Crippen LogP contribution < -0.4 is 5.73 Å². The molecular formula is C8H6N4. The number of nitriles is 2. The molecule has 0 amide bonds. The van der Waals surface area contributed by atoms with Crippen molar-refractivity contribution in [2.45, 2.75) is 6.92 Å². The van der Waals surface area contributed by atoms with E-state index in [-0.39, 0.29) is 16.8 Å². The summed E-state index contributed by atoms with van der Waals surface area (Å²) in [5.74, 6) is 0. The summed E-state index contributed by atoms with van der Waals surface area (Å²) >= 11 is 0. The molecule has 0 saturated carbocycles. The first-order chi connectivity index (χ1) is 5.70. The van der Waals surface area contributed by atoms with Crippen molar-refractivity contribution >= 4 is 5.69 Å². The molecule has 0 unspecified atom stereocenters. The number of rotatable bonds is 0. The van der Waals surface area contributed by atoms with Crippen molar-refractivity contribution in [2.24, 2.45) is 0 Å². The van der Waals surface area contributed by atoms with Gasteiger partial charge in [0.1, 0.15) is 12.1 Å². The van der Waals surface area contributed by atoms with Crippen LogP contribution in [0.25, 0.3) is 0 Å². The number of hydrogen-bond donors (Lipinski definition) is 1. The molecule has 4 heteroatoms. The fourth-order valence-electron chi connectivity index (χ4n) is 0.827. The average molecular weight is 158 g/mol. The Kier molecular flexibility index (Phi) is 1.94. The predicted molar refractivity (Wildman–Crippen MR) is 42.8 cm³/mol. The van der Waals surface area contributed by atoms with Gasteiger partial charge in [-0.3, -0.25) is 4.98 Å². The van der Waals surface area contributed by atoms with Crippen LogP contribution in [0.5, 0.6) is 0 Å². The number of nitrogen functional groups attached to an aromatic ring is 1. The first kappa shape index (κ1) is 8.03. The lowest BCUT2D eigenvalue weighted by molar-refractivity contribution is 1.18. The summed E-state index contributed by atoms with van der Waals surface area (Å²) in [5, 5.41) is 17.2. The molecule has 1 aromatic rings. The summed E-state index contributed by atoms with van der Waals surface area (Å²) in [6, 6.07) is 3.72. The Hall–Kier alpha value is -2.07. The maximum atomic E-state index is 8.65. The average Bonchev–Trinajstić information content (AvgIpc) is 2.09. The van der Waals surface area contributed by atoms with Gasteiger partial charge in [-0.15, -0.1) is 0 Å². The summed E-state index contributed by atoms with van der Waals surface area (Å²) in [4.78, 5) is 3.86. The van der Waals surface area contributed by atoms with Gasteiger partial charge >= 0.3 is 0 Å². The van der Waals surface area contributed by atoms with E-state index in [2.05, 4.69) is 4.98 Å². The molecule has 0 aliphatic rings. The summed E-state index contributed by atoms with van der Waals surface area (Å²) in [7, 11) is 0. The molecule has 2 N–H and O–H groups in total. The fraction of sp³-hybridized carbons (Fsp3) is 0.125. The van der Waals surface area contributed by atoms with Crippen molar-refractivity contribution in [2.75, 3.05) is 5.73 Å². The highest BCUT2D eigenvalue weighted by Crippen LogP contribution is 2.16.